The molecular formula is C27H29ClN2O5S2. The van der Waals surface area contributed by atoms with Gasteiger partial charge in [-0.25, -0.2) is 8.42 Å². The van der Waals surface area contributed by atoms with Crippen molar-refractivity contribution >= 4 is 38.9 Å². The molecule has 1 aliphatic heterocycles. The smallest absolute Gasteiger partial charge is 0.325 e. The molecule has 0 spiro atoms. The van der Waals surface area contributed by atoms with E-state index in [2.05, 4.69) is 9.62 Å². The van der Waals surface area contributed by atoms with Gasteiger partial charge < -0.3 is 9.84 Å². The summed E-state index contributed by atoms with van der Waals surface area (Å²) in [6, 6.07) is 19.8. The largest absolute Gasteiger partial charge is 0.480 e. The quantitative estimate of drug-likeness (QED) is 0.375. The number of halogens is 1. The summed E-state index contributed by atoms with van der Waals surface area (Å²) in [6.07, 6.45) is 1.52. The summed E-state index contributed by atoms with van der Waals surface area (Å²) in [4.78, 5) is 15.8. The van der Waals surface area contributed by atoms with E-state index in [-0.39, 0.29) is 10.6 Å². The van der Waals surface area contributed by atoms with Gasteiger partial charge >= 0.3 is 5.97 Å². The SMILES string of the molecule is O=C(O)C1(NS(=O)(=O)c2ccc(-c3ccc(Cl)cc3)s2)C[C@@]1(CCCN1CCOCC1)c1ccccc1. The van der Waals surface area contributed by atoms with Crippen molar-refractivity contribution in [1.82, 2.24) is 9.62 Å². The molecule has 0 radical (unpaired) electrons. The second-order valence-electron chi connectivity index (χ2n) is 9.62. The Bertz CT molecular complexity index is 1360. The van der Waals surface area contributed by atoms with Gasteiger partial charge in [0.1, 0.15) is 9.75 Å². The molecule has 1 aromatic heterocycles. The number of ether oxygens (including phenoxy) is 1. The van der Waals surface area contributed by atoms with Crippen LogP contribution < -0.4 is 4.72 Å². The van der Waals surface area contributed by atoms with Crippen molar-refractivity contribution in [2.75, 3.05) is 32.8 Å². The molecule has 0 amide bonds. The maximum absolute atomic E-state index is 13.5. The molecule has 10 heteroatoms. The van der Waals surface area contributed by atoms with Crippen LogP contribution in [-0.2, 0) is 25.0 Å². The van der Waals surface area contributed by atoms with Gasteiger partial charge in [0.25, 0.3) is 10.0 Å². The standard InChI is InChI=1S/C27H29ClN2O5S2/c28-22-9-7-20(8-10-22)23-11-12-24(36-23)37(33,34)29-27(25(31)32)19-26(27,21-5-2-1-3-6-21)13-4-14-30-15-17-35-18-16-30/h1-3,5-12,29H,4,13-19H2,(H,31,32)/t26-,27?/m0/s1. The molecule has 1 saturated carbocycles. The van der Waals surface area contributed by atoms with Crippen LogP contribution in [0.2, 0.25) is 5.02 Å². The van der Waals surface area contributed by atoms with Crippen molar-refractivity contribution in [3.63, 3.8) is 0 Å². The molecule has 2 aliphatic rings. The third-order valence-electron chi connectivity index (χ3n) is 7.42. The first-order chi connectivity index (χ1) is 17.8. The zero-order valence-electron chi connectivity index (χ0n) is 20.2. The Labute approximate surface area is 226 Å². The number of hydrogen-bond donors (Lipinski definition) is 2. The highest BCUT2D eigenvalue weighted by molar-refractivity contribution is 7.91. The summed E-state index contributed by atoms with van der Waals surface area (Å²) >= 11 is 7.08. The number of nitrogens with zero attached hydrogens (tertiary/aromatic N) is 1. The Morgan fingerprint density at radius 1 is 1.05 bits per heavy atom. The fraction of sp³-hybridized carbons (Fsp3) is 0.370. The predicted octanol–water partition coefficient (Wildman–Crippen LogP) is 4.62. The molecule has 196 valence electrons. The number of carboxylic acid groups (broad SMARTS) is 1. The number of nitrogens with one attached hydrogen (secondary N) is 1. The van der Waals surface area contributed by atoms with Crippen LogP contribution in [0.5, 0.6) is 0 Å². The van der Waals surface area contributed by atoms with Gasteiger partial charge in [0.2, 0.25) is 0 Å². The van der Waals surface area contributed by atoms with E-state index >= 15 is 0 Å². The lowest BCUT2D eigenvalue weighted by Crippen LogP contribution is -2.48. The lowest BCUT2D eigenvalue weighted by molar-refractivity contribution is -0.140. The van der Waals surface area contributed by atoms with E-state index in [1.807, 2.05) is 42.5 Å². The molecule has 7 nitrogen and oxygen atoms in total. The Kier molecular flexibility index (Phi) is 7.46. The molecule has 1 saturated heterocycles. The molecule has 0 bridgehead atoms. The van der Waals surface area contributed by atoms with E-state index in [4.69, 9.17) is 16.3 Å². The minimum atomic E-state index is -4.09. The number of hydrogen-bond acceptors (Lipinski definition) is 6. The minimum absolute atomic E-state index is 0.0836. The molecule has 5 rings (SSSR count). The van der Waals surface area contributed by atoms with Gasteiger partial charge in [-0.05, 0) is 61.2 Å². The van der Waals surface area contributed by atoms with E-state index in [0.29, 0.717) is 24.7 Å². The van der Waals surface area contributed by atoms with Crippen molar-refractivity contribution < 1.29 is 23.1 Å². The van der Waals surface area contributed by atoms with Crippen molar-refractivity contribution in [3.05, 3.63) is 77.3 Å². The molecule has 2 heterocycles. The molecule has 1 aliphatic carbocycles. The monoisotopic (exact) mass is 560 g/mol. The topological polar surface area (TPSA) is 95.9 Å². The zero-order chi connectivity index (χ0) is 26.1. The van der Waals surface area contributed by atoms with Gasteiger partial charge in [0.05, 0.1) is 13.2 Å². The molecule has 3 aromatic rings. The fourth-order valence-electron chi connectivity index (χ4n) is 5.36. The van der Waals surface area contributed by atoms with Crippen molar-refractivity contribution in [3.8, 4) is 10.4 Å². The second-order valence-corrected chi connectivity index (χ2v) is 13.1. The number of rotatable bonds is 10. The molecule has 1 unspecified atom stereocenters. The highest BCUT2D eigenvalue weighted by Crippen LogP contribution is 2.61. The van der Waals surface area contributed by atoms with E-state index in [1.54, 1.807) is 18.2 Å². The van der Waals surface area contributed by atoms with Crippen LogP contribution >= 0.6 is 22.9 Å². The number of carbonyl (C=O) groups is 1. The first-order valence-corrected chi connectivity index (χ1v) is 14.9. The number of sulfonamides is 1. The van der Waals surface area contributed by atoms with Gasteiger partial charge in [0, 0.05) is 28.4 Å². The summed E-state index contributed by atoms with van der Waals surface area (Å²) in [5.74, 6) is -1.15. The van der Waals surface area contributed by atoms with Crippen LogP contribution in [0.25, 0.3) is 10.4 Å². The number of thiophene rings is 1. The first-order valence-electron chi connectivity index (χ1n) is 12.2. The number of carboxylic acids is 1. The maximum atomic E-state index is 13.5. The van der Waals surface area contributed by atoms with E-state index in [9.17, 15) is 18.3 Å². The fourth-order valence-corrected chi connectivity index (χ4v) is 8.22. The van der Waals surface area contributed by atoms with E-state index in [0.717, 1.165) is 53.4 Å². The van der Waals surface area contributed by atoms with Crippen molar-refractivity contribution in [2.24, 2.45) is 0 Å². The molecule has 2 atom stereocenters. The Morgan fingerprint density at radius 3 is 2.43 bits per heavy atom. The van der Waals surface area contributed by atoms with E-state index < -0.39 is 26.9 Å². The van der Waals surface area contributed by atoms with Crippen LogP contribution in [0.4, 0.5) is 0 Å². The third kappa shape index (κ3) is 5.21. The van der Waals surface area contributed by atoms with Crippen LogP contribution in [0.3, 0.4) is 0 Å². The zero-order valence-corrected chi connectivity index (χ0v) is 22.6. The first kappa shape index (κ1) is 26.3. The average Bonchev–Trinajstić information content (AvgIpc) is 3.27. The lowest BCUT2D eigenvalue weighted by atomic mass is 9.86. The van der Waals surface area contributed by atoms with Gasteiger partial charge in [0.15, 0.2) is 0 Å². The van der Waals surface area contributed by atoms with Crippen LogP contribution in [0.15, 0.2) is 70.9 Å². The Balaban J connectivity index is 1.40. The van der Waals surface area contributed by atoms with Crippen LogP contribution in [0.1, 0.15) is 24.8 Å². The van der Waals surface area contributed by atoms with Crippen molar-refractivity contribution in [2.45, 2.75) is 34.4 Å². The number of morpholine rings is 1. The normalized spacial score (nSPS) is 24.1. The van der Waals surface area contributed by atoms with Gasteiger partial charge in [-0.3, -0.25) is 9.69 Å². The molecule has 2 N–H and O–H groups in total. The average molecular weight is 561 g/mol. The van der Waals surface area contributed by atoms with Gasteiger partial charge in [-0.15, -0.1) is 11.3 Å². The third-order valence-corrected chi connectivity index (χ3v) is 10.8. The Morgan fingerprint density at radius 2 is 1.76 bits per heavy atom. The second kappa shape index (κ2) is 10.5. The summed E-state index contributed by atoms with van der Waals surface area (Å²) in [6.45, 7) is 3.91. The molecule has 2 aromatic carbocycles. The summed E-state index contributed by atoms with van der Waals surface area (Å²) < 4.78 is 35.2. The predicted molar refractivity (Wildman–Crippen MR) is 145 cm³/mol. The maximum Gasteiger partial charge on any atom is 0.325 e. The molecule has 2 fully saturated rings. The number of benzene rings is 2. The summed E-state index contributed by atoms with van der Waals surface area (Å²) in [5, 5.41) is 11.0. The number of aliphatic carboxylic acids is 1. The van der Waals surface area contributed by atoms with Gasteiger partial charge in [-0.1, -0.05) is 54.1 Å². The highest BCUT2D eigenvalue weighted by atomic mass is 35.5. The van der Waals surface area contributed by atoms with Gasteiger partial charge in [-0.2, -0.15) is 4.72 Å². The summed E-state index contributed by atoms with van der Waals surface area (Å²) in [5.41, 5.74) is -0.745. The molecular weight excluding hydrogens is 532 g/mol. The molecule has 37 heavy (non-hydrogen) atoms. The van der Waals surface area contributed by atoms with Crippen molar-refractivity contribution in [1.29, 1.82) is 0 Å². The Hall–Kier alpha value is -2.27. The van der Waals surface area contributed by atoms with Crippen LogP contribution in [-0.4, -0.2) is 62.8 Å². The highest BCUT2D eigenvalue weighted by Gasteiger charge is 2.74. The minimum Gasteiger partial charge on any atom is -0.480 e. The van der Waals surface area contributed by atoms with Crippen LogP contribution in [0, 0.1) is 0 Å². The van der Waals surface area contributed by atoms with E-state index in [1.165, 1.54) is 6.07 Å². The lowest BCUT2D eigenvalue weighted by Gasteiger charge is -2.28. The summed E-state index contributed by atoms with van der Waals surface area (Å²) in [7, 11) is -4.09.